The lowest BCUT2D eigenvalue weighted by Gasteiger charge is -2.05. The Bertz CT molecular complexity index is 622. The number of anilines is 1. The molecule has 1 aromatic heterocycles. The topological polar surface area (TPSA) is 62.7 Å². The highest BCUT2D eigenvalue weighted by molar-refractivity contribution is 7.18. The van der Waals surface area contributed by atoms with Crippen LogP contribution in [0.4, 0.5) is 5.13 Å². The summed E-state index contributed by atoms with van der Waals surface area (Å²) in [5.41, 5.74) is 10.1. The molecule has 0 bridgehead atoms. The number of thiazole rings is 1. The summed E-state index contributed by atoms with van der Waals surface area (Å²) >= 11 is 1.54. The molecule has 0 unspecified atom stereocenters. The fourth-order valence-electron chi connectivity index (χ4n) is 2.29. The van der Waals surface area contributed by atoms with Crippen LogP contribution in [0.5, 0.6) is 0 Å². The van der Waals surface area contributed by atoms with Crippen molar-refractivity contribution in [2.75, 3.05) is 5.73 Å². The van der Waals surface area contributed by atoms with Crippen LogP contribution in [0.3, 0.4) is 0 Å². The maximum Gasteiger partial charge on any atom is 0.180 e. The monoisotopic (exact) mass is 241 g/mol. The first-order valence-corrected chi connectivity index (χ1v) is 6.38. The molecule has 84 valence electrons. The van der Waals surface area contributed by atoms with Gasteiger partial charge in [0, 0.05) is 0 Å². The summed E-state index contributed by atoms with van der Waals surface area (Å²) in [7, 11) is 0. The first-order chi connectivity index (χ1) is 8.28. The molecule has 2 aromatic rings. The van der Waals surface area contributed by atoms with Gasteiger partial charge in [-0.1, -0.05) is 17.4 Å². The van der Waals surface area contributed by atoms with Crippen molar-refractivity contribution in [1.82, 2.24) is 4.98 Å². The zero-order chi connectivity index (χ0) is 11.8. The lowest BCUT2D eigenvalue weighted by atomic mass is 10.0. The second-order valence-corrected chi connectivity index (χ2v) is 5.20. The zero-order valence-electron chi connectivity index (χ0n) is 9.23. The van der Waals surface area contributed by atoms with E-state index in [1.807, 2.05) is 18.2 Å². The van der Waals surface area contributed by atoms with E-state index >= 15 is 0 Å². The molecule has 1 aliphatic carbocycles. The second kappa shape index (κ2) is 3.86. The van der Waals surface area contributed by atoms with Crippen molar-refractivity contribution < 1.29 is 0 Å². The minimum atomic E-state index is 0.632. The van der Waals surface area contributed by atoms with Crippen LogP contribution >= 0.6 is 11.3 Å². The molecule has 0 spiro atoms. The molecule has 2 N–H and O–H groups in total. The van der Waals surface area contributed by atoms with E-state index in [2.05, 4.69) is 11.1 Å². The van der Waals surface area contributed by atoms with Crippen molar-refractivity contribution in [3.05, 3.63) is 35.0 Å². The molecular formula is C13H11N3S. The second-order valence-electron chi connectivity index (χ2n) is 4.17. The molecule has 0 aliphatic heterocycles. The van der Waals surface area contributed by atoms with Crippen molar-refractivity contribution in [2.45, 2.75) is 19.3 Å². The van der Waals surface area contributed by atoms with Crippen LogP contribution < -0.4 is 5.73 Å². The zero-order valence-corrected chi connectivity index (χ0v) is 10.0. The van der Waals surface area contributed by atoms with E-state index in [1.165, 1.54) is 16.0 Å². The number of nitrogens with two attached hydrogens (primary N) is 1. The van der Waals surface area contributed by atoms with Gasteiger partial charge in [0.15, 0.2) is 5.13 Å². The summed E-state index contributed by atoms with van der Waals surface area (Å²) in [5, 5.41) is 9.56. The maximum atomic E-state index is 8.93. The van der Waals surface area contributed by atoms with Crippen LogP contribution in [0, 0.1) is 11.3 Å². The number of rotatable bonds is 0. The molecule has 1 aromatic carbocycles. The van der Waals surface area contributed by atoms with Gasteiger partial charge in [0.05, 0.1) is 22.2 Å². The molecule has 1 aliphatic rings. The van der Waals surface area contributed by atoms with Gasteiger partial charge in [0.1, 0.15) is 0 Å². The molecule has 0 saturated carbocycles. The van der Waals surface area contributed by atoms with Crippen molar-refractivity contribution >= 4 is 16.5 Å². The molecule has 0 saturated heterocycles. The van der Waals surface area contributed by atoms with Crippen molar-refractivity contribution in [1.29, 1.82) is 5.26 Å². The van der Waals surface area contributed by atoms with E-state index in [0.717, 1.165) is 30.5 Å². The summed E-state index contributed by atoms with van der Waals surface area (Å²) in [6, 6.07) is 8.06. The van der Waals surface area contributed by atoms with Gasteiger partial charge in [0.2, 0.25) is 0 Å². The van der Waals surface area contributed by atoms with Crippen LogP contribution in [0.25, 0.3) is 10.4 Å². The Morgan fingerprint density at radius 1 is 1.35 bits per heavy atom. The van der Waals surface area contributed by atoms with E-state index in [0.29, 0.717) is 5.13 Å². The number of nitrogen functional groups attached to an aromatic ring is 1. The average Bonchev–Trinajstić information content (AvgIpc) is 2.62. The van der Waals surface area contributed by atoms with Gasteiger partial charge in [-0.2, -0.15) is 5.26 Å². The van der Waals surface area contributed by atoms with Gasteiger partial charge in [-0.3, -0.25) is 0 Å². The third-order valence-electron chi connectivity index (χ3n) is 3.05. The van der Waals surface area contributed by atoms with E-state index in [4.69, 9.17) is 11.0 Å². The van der Waals surface area contributed by atoms with E-state index in [1.54, 1.807) is 11.3 Å². The van der Waals surface area contributed by atoms with Crippen LogP contribution in [0.2, 0.25) is 0 Å². The lowest BCUT2D eigenvalue weighted by Crippen LogP contribution is -1.89. The Labute approximate surface area is 104 Å². The maximum absolute atomic E-state index is 8.93. The van der Waals surface area contributed by atoms with Crippen molar-refractivity contribution in [2.24, 2.45) is 0 Å². The Morgan fingerprint density at radius 2 is 2.24 bits per heavy atom. The summed E-state index contributed by atoms with van der Waals surface area (Å²) in [4.78, 5) is 5.56. The Hall–Kier alpha value is -1.86. The highest BCUT2D eigenvalue weighted by Crippen LogP contribution is 2.37. The predicted octanol–water partition coefficient (Wildman–Crippen LogP) is 2.75. The standard InChI is InChI=1S/C13H11N3S/c14-7-8-4-5-10-9(6-8)2-1-3-11-12(10)17-13(15)16-11/h4-6H,1-3H2,(H2,15,16). The van der Waals surface area contributed by atoms with Gasteiger partial charge in [0.25, 0.3) is 0 Å². The molecular weight excluding hydrogens is 230 g/mol. The predicted molar refractivity (Wildman–Crippen MR) is 68.7 cm³/mol. The molecule has 0 amide bonds. The molecule has 0 atom stereocenters. The third kappa shape index (κ3) is 1.69. The summed E-state index contributed by atoms with van der Waals surface area (Å²) in [5.74, 6) is 0. The summed E-state index contributed by atoms with van der Waals surface area (Å²) in [6.07, 6.45) is 3.05. The smallest absolute Gasteiger partial charge is 0.180 e. The Balaban J connectivity index is 2.22. The number of nitriles is 1. The molecule has 3 nitrogen and oxygen atoms in total. The first-order valence-electron chi connectivity index (χ1n) is 5.56. The summed E-state index contributed by atoms with van der Waals surface area (Å²) in [6.45, 7) is 0. The van der Waals surface area contributed by atoms with Crippen LogP contribution in [0.1, 0.15) is 23.2 Å². The van der Waals surface area contributed by atoms with Crippen molar-refractivity contribution in [3.8, 4) is 16.5 Å². The molecule has 17 heavy (non-hydrogen) atoms. The number of aromatic nitrogens is 1. The minimum Gasteiger partial charge on any atom is -0.375 e. The van der Waals surface area contributed by atoms with Gasteiger partial charge in [-0.15, -0.1) is 0 Å². The number of hydrogen-bond acceptors (Lipinski definition) is 4. The van der Waals surface area contributed by atoms with Crippen LogP contribution in [-0.2, 0) is 12.8 Å². The number of hydrogen-bond donors (Lipinski definition) is 1. The number of benzene rings is 1. The minimum absolute atomic E-state index is 0.632. The average molecular weight is 241 g/mol. The van der Waals surface area contributed by atoms with Gasteiger partial charge >= 0.3 is 0 Å². The molecule has 3 rings (SSSR count). The van der Waals surface area contributed by atoms with E-state index in [9.17, 15) is 0 Å². The quantitative estimate of drug-likeness (QED) is 0.771. The van der Waals surface area contributed by atoms with Crippen LogP contribution in [0.15, 0.2) is 18.2 Å². The number of fused-ring (bicyclic) bond motifs is 3. The fraction of sp³-hybridized carbons (Fsp3) is 0.231. The van der Waals surface area contributed by atoms with E-state index < -0.39 is 0 Å². The normalized spacial score (nSPS) is 13.4. The summed E-state index contributed by atoms with van der Waals surface area (Å²) < 4.78 is 0. The highest BCUT2D eigenvalue weighted by Gasteiger charge is 2.18. The number of nitrogens with zero attached hydrogens (tertiary/aromatic N) is 2. The number of aryl methyl sites for hydroxylation is 2. The van der Waals surface area contributed by atoms with Crippen molar-refractivity contribution in [3.63, 3.8) is 0 Å². The van der Waals surface area contributed by atoms with Gasteiger partial charge in [-0.25, -0.2) is 4.98 Å². The molecule has 0 fully saturated rings. The largest absolute Gasteiger partial charge is 0.375 e. The van der Waals surface area contributed by atoms with Crippen LogP contribution in [-0.4, -0.2) is 4.98 Å². The Morgan fingerprint density at radius 3 is 3.06 bits per heavy atom. The fourth-order valence-corrected chi connectivity index (χ4v) is 3.23. The Kier molecular flexibility index (Phi) is 2.34. The molecule has 0 radical (unpaired) electrons. The van der Waals surface area contributed by atoms with E-state index in [-0.39, 0.29) is 0 Å². The third-order valence-corrected chi connectivity index (χ3v) is 4.01. The first kappa shape index (κ1) is 10.3. The SMILES string of the molecule is N#Cc1ccc2c(c1)CCCc1nc(N)sc1-2. The molecule has 4 heteroatoms. The lowest BCUT2D eigenvalue weighted by molar-refractivity contribution is 0.818. The van der Waals surface area contributed by atoms with Gasteiger partial charge in [-0.05, 0) is 42.5 Å². The molecule has 1 heterocycles. The van der Waals surface area contributed by atoms with Gasteiger partial charge < -0.3 is 5.73 Å². The highest BCUT2D eigenvalue weighted by atomic mass is 32.1.